The molecule has 0 saturated heterocycles. The lowest BCUT2D eigenvalue weighted by molar-refractivity contribution is -0.162. The molecule has 2 N–H and O–H groups in total. The van der Waals surface area contributed by atoms with Crippen LogP contribution in [0.4, 0.5) is 0 Å². The maximum absolute atomic E-state index is 10.9. The molecular weight excluding hydrogens is 158 g/mol. The average molecular weight is 173 g/mol. The van der Waals surface area contributed by atoms with Gasteiger partial charge in [0, 0.05) is 6.42 Å². The van der Waals surface area contributed by atoms with Crippen molar-refractivity contribution in [1.29, 1.82) is 0 Å². The SMILES string of the molecule is CC(C)(C)OC(=O)C(=O)CCN. The Bertz CT molecular complexity index is 181. The average Bonchev–Trinajstić information content (AvgIpc) is 1.84. The van der Waals surface area contributed by atoms with Crippen LogP contribution in [0, 0.1) is 0 Å². The summed E-state index contributed by atoms with van der Waals surface area (Å²) in [7, 11) is 0. The first-order valence-corrected chi connectivity index (χ1v) is 3.83. The first-order chi connectivity index (χ1) is 5.37. The smallest absolute Gasteiger partial charge is 0.375 e. The van der Waals surface area contributed by atoms with Crippen molar-refractivity contribution in [3.8, 4) is 0 Å². The molecule has 0 aromatic rings. The van der Waals surface area contributed by atoms with Gasteiger partial charge in [0.05, 0.1) is 0 Å². The lowest BCUT2D eigenvalue weighted by Crippen LogP contribution is -2.29. The van der Waals surface area contributed by atoms with Gasteiger partial charge in [0.25, 0.3) is 0 Å². The summed E-state index contributed by atoms with van der Waals surface area (Å²) in [5.74, 6) is -1.36. The Kier molecular flexibility index (Phi) is 3.89. The molecular formula is C8H15NO3. The van der Waals surface area contributed by atoms with Crippen LogP contribution in [0.5, 0.6) is 0 Å². The lowest BCUT2D eigenvalue weighted by atomic mass is 10.2. The second-order valence-corrected chi connectivity index (χ2v) is 3.46. The molecule has 0 aromatic carbocycles. The number of carbonyl (C=O) groups is 2. The number of hydrogen-bond acceptors (Lipinski definition) is 4. The first kappa shape index (κ1) is 11.1. The van der Waals surface area contributed by atoms with Gasteiger partial charge in [0.2, 0.25) is 5.78 Å². The molecule has 0 saturated carbocycles. The summed E-state index contributed by atoms with van der Waals surface area (Å²) in [4.78, 5) is 21.8. The molecule has 0 unspecified atom stereocenters. The molecule has 70 valence electrons. The summed E-state index contributed by atoms with van der Waals surface area (Å²) < 4.78 is 4.81. The Labute approximate surface area is 72.1 Å². The minimum absolute atomic E-state index is 0.0505. The molecule has 0 spiro atoms. The van der Waals surface area contributed by atoms with E-state index in [4.69, 9.17) is 10.5 Å². The van der Waals surface area contributed by atoms with E-state index in [1.807, 2.05) is 0 Å². The summed E-state index contributed by atoms with van der Waals surface area (Å²) in [5, 5.41) is 0. The molecule has 0 rings (SSSR count). The monoisotopic (exact) mass is 173 g/mol. The molecule has 0 bridgehead atoms. The third-order valence-corrected chi connectivity index (χ3v) is 0.998. The molecule has 0 radical (unpaired) electrons. The van der Waals surface area contributed by atoms with Gasteiger partial charge >= 0.3 is 5.97 Å². The number of ketones is 1. The van der Waals surface area contributed by atoms with E-state index in [2.05, 4.69) is 0 Å². The van der Waals surface area contributed by atoms with E-state index in [9.17, 15) is 9.59 Å². The van der Waals surface area contributed by atoms with Gasteiger partial charge in [-0.25, -0.2) is 4.79 Å². The van der Waals surface area contributed by atoms with Crippen molar-refractivity contribution >= 4 is 11.8 Å². The zero-order valence-corrected chi connectivity index (χ0v) is 7.72. The highest BCUT2D eigenvalue weighted by molar-refractivity contribution is 6.33. The zero-order chi connectivity index (χ0) is 9.78. The van der Waals surface area contributed by atoms with Crippen LogP contribution in [0.15, 0.2) is 0 Å². The topological polar surface area (TPSA) is 69.4 Å². The van der Waals surface area contributed by atoms with Crippen LogP contribution in [0.25, 0.3) is 0 Å². The van der Waals surface area contributed by atoms with Crippen LogP contribution in [0.1, 0.15) is 27.2 Å². The summed E-state index contributed by atoms with van der Waals surface area (Å²) in [5.41, 5.74) is 4.49. The molecule has 4 heteroatoms. The largest absolute Gasteiger partial charge is 0.454 e. The molecule has 0 atom stereocenters. The van der Waals surface area contributed by atoms with E-state index < -0.39 is 17.4 Å². The lowest BCUT2D eigenvalue weighted by Gasteiger charge is -2.18. The molecule has 0 aliphatic carbocycles. The highest BCUT2D eigenvalue weighted by atomic mass is 16.6. The normalized spacial score (nSPS) is 11.0. The van der Waals surface area contributed by atoms with Gasteiger partial charge in [-0.3, -0.25) is 4.79 Å². The van der Waals surface area contributed by atoms with Crippen molar-refractivity contribution in [3.63, 3.8) is 0 Å². The Balaban J connectivity index is 3.97. The second-order valence-electron chi connectivity index (χ2n) is 3.46. The molecule has 0 aliphatic rings. The number of carbonyl (C=O) groups excluding carboxylic acids is 2. The zero-order valence-electron chi connectivity index (χ0n) is 7.72. The van der Waals surface area contributed by atoms with E-state index >= 15 is 0 Å². The highest BCUT2D eigenvalue weighted by Gasteiger charge is 2.21. The predicted octanol–water partition coefficient (Wildman–Crippen LogP) is 0.246. The van der Waals surface area contributed by atoms with E-state index in [0.29, 0.717) is 0 Å². The third kappa shape index (κ3) is 4.85. The van der Waals surface area contributed by atoms with Crippen molar-refractivity contribution in [2.45, 2.75) is 32.8 Å². The van der Waals surface area contributed by atoms with E-state index in [0.717, 1.165) is 0 Å². The Morgan fingerprint density at radius 1 is 1.33 bits per heavy atom. The quantitative estimate of drug-likeness (QED) is 0.490. The van der Waals surface area contributed by atoms with Gasteiger partial charge in [-0.15, -0.1) is 0 Å². The summed E-state index contributed by atoms with van der Waals surface area (Å²) in [6, 6.07) is 0. The highest BCUT2D eigenvalue weighted by Crippen LogP contribution is 2.07. The fraction of sp³-hybridized carbons (Fsp3) is 0.750. The number of ether oxygens (including phenoxy) is 1. The fourth-order valence-corrected chi connectivity index (χ4v) is 0.568. The fourth-order valence-electron chi connectivity index (χ4n) is 0.568. The van der Waals surface area contributed by atoms with Crippen LogP contribution < -0.4 is 5.73 Å². The first-order valence-electron chi connectivity index (χ1n) is 3.83. The van der Waals surface area contributed by atoms with Gasteiger partial charge in [-0.05, 0) is 27.3 Å². The molecule has 4 nitrogen and oxygen atoms in total. The van der Waals surface area contributed by atoms with Crippen LogP contribution in [0.2, 0.25) is 0 Å². The maximum atomic E-state index is 10.9. The molecule has 0 aromatic heterocycles. The summed E-state index contributed by atoms with van der Waals surface area (Å²) in [6.45, 7) is 5.31. The minimum atomic E-state index is -0.798. The van der Waals surface area contributed by atoms with E-state index in [-0.39, 0.29) is 13.0 Å². The van der Waals surface area contributed by atoms with Gasteiger partial charge in [-0.1, -0.05) is 0 Å². The Hall–Kier alpha value is -0.900. The Morgan fingerprint density at radius 2 is 1.83 bits per heavy atom. The maximum Gasteiger partial charge on any atom is 0.375 e. The number of esters is 1. The Morgan fingerprint density at radius 3 is 2.17 bits per heavy atom. The van der Waals surface area contributed by atoms with E-state index in [1.165, 1.54) is 0 Å². The van der Waals surface area contributed by atoms with Crippen LogP contribution in [0.3, 0.4) is 0 Å². The van der Waals surface area contributed by atoms with Crippen molar-refractivity contribution in [3.05, 3.63) is 0 Å². The summed E-state index contributed by atoms with van der Waals surface area (Å²) in [6.07, 6.45) is 0.0505. The number of Topliss-reactive ketones (excluding diaryl/α,β-unsaturated/α-hetero) is 1. The predicted molar refractivity (Wildman–Crippen MR) is 44.5 cm³/mol. The number of rotatable bonds is 3. The molecule has 0 heterocycles. The number of hydrogen-bond donors (Lipinski definition) is 1. The van der Waals surface area contributed by atoms with Crippen LogP contribution in [-0.4, -0.2) is 23.9 Å². The van der Waals surface area contributed by atoms with Crippen molar-refractivity contribution in [2.75, 3.05) is 6.54 Å². The van der Waals surface area contributed by atoms with Crippen LogP contribution >= 0.6 is 0 Å². The van der Waals surface area contributed by atoms with Gasteiger partial charge in [0.1, 0.15) is 5.60 Å². The molecule has 0 fully saturated rings. The van der Waals surface area contributed by atoms with Crippen molar-refractivity contribution in [2.24, 2.45) is 5.73 Å². The summed E-state index contributed by atoms with van der Waals surface area (Å²) >= 11 is 0. The number of nitrogens with two attached hydrogens (primary N) is 1. The van der Waals surface area contributed by atoms with E-state index in [1.54, 1.807) is 20.8 Å². The molecule has 12 heavy (non-hydrogen) atoms. The minimum Gasteiger partial charge on any atom is -0.454 e. The molecule has 0 amide bonds. The van der Waals surface area contributed by atoms with Gasteiger partial charge < -0.3 is 10.5 Å². The van der Waals surface area contributed by atoms with Crippen molar-refractivity contribution < 1.29 is 14.3 Å². The van der Waals surface area contributed by atoms with Gasteiger partial charge in [0.15, 0.2) is 0 Å². The van der Waals surface area contributed by atoms with Gasteiger partial charge in [-0.2, -0.15) is 0 Å². The van der Waals surface area contributed by atoms with Crippen molar-refractivity contribution in [1.82, 2.24) is 0 Å². The second kappa shape index (κ2) is 4.21. The standard InChI is InChI=1S/C8H15NO3/c1-8(2,3)12-7(11)6(10)4-5-9/h4-5,9H2,1-3H3. The molecule has 0 aliphatic heterocycles. The van der Waals surface area contributed by atoms with Crippen LogP contribution in [-0.2, 0) is 14.3 Å². The third-order valence-electron chi connectivity index (χ3n) is 0.998.